The zero-order chi connectivity index (χ0) is 34.2. The van der Waals surface area contributed by atoms with Crippen LogP contribution < -0.4 is 26.0 Å². The largest absolute Gasteiger partial charge is 0.548 e. The predicted octanol–water partition coefficient (Wildman–Crippen LogP) is -4.20. The van der Waals surface area contributed by atoms with Gasteiger partial charge in [0.25, 0.3) is 0 Å². The van der Waals surface area contributed by atoms with Crippen molar-refractivity contribution in [2.24, 2.45) is 0 Å². The van der Waals surface area contributed by atoms with Crippen LogP contribution >= 0.6 is 0 Å². The first kappa shape index (κ1) is 39.2. The molecule has 0 aromatic rings. The first-order valence-electron chi connectivity index (χ1n) is 15.0. The van der Waals surface area contributed by atoms with Gasteiger partial charge in [0.15, 0.2) is 5.72 Å². The summed E-state index contributed by atoms with van der Waals surface area (Å²) in [7, 11) is 0. The van der Waals surface area contributed by atoms with Crippen molar-refractivity contribution in [3.8, 4) is 0 Å². The molecule has 17 nitrogen and oxygen atoms in total. The molecule has 17 heteroatoms. The van der Waals surface area contributed by atoms with Crippen molar-refractivity contribution in [3.05, 3.63) is 0 Å². The number of carbonyl (C=O) groups is 7. The number of carboxylic acids is 3. The monoisotopic (exact) mass is 643 g/mol. The van der Waals surface area contributed by atoms with Crippen LogP contribution in [0, 0.1) is 0 Å². The second-order valence-electron chi connectivity index (χ2n) is 11.1. The highest BCUT2D eigenvalue weighted by molar-refractivity contribution is 5.92. The van der Waals surface area contributed by atoms with Gasteiger partial charge in [-0.15, -0.1) is 0 Å². The van der Waals surface area contributed by atoms with Crippen LogP contribution in [-0.2, 0) is 33.6 Å². The maximum Gasteiger partial charge on any atom is 0.245 e. The first-order chi connectivity index (χ1) is 21.1. The third kappa shape index (κ3) is 12.6. The minimum absolute atomic E-state index is 0.0986. The van der Waals surface area contributed by atoms with Gasteiger partial charge in [-0.1, -0.05) is 45.4 Å². The minimum atomic E-state index is -2.97. The van der Waals surface area contributed by atoms with Gasteiger partial charge in [-0.05, 0) is 19.3 Å². The molecule has 3 atom stereocenters. The molecule has 0 saturated carbocycles. The standard InChI is InChI=1S/C28H46N4O13/c1-2-3-4-5-6-7-8-10-22(35)31(45)16-9-14-29-20(33)17-27(43,25(39)40)18-21(34)30-15-12-19(24(37)38)32-23(36)11-13-28(32,44)26(41)42/h19,43-45H,2-18H2,1H3,(H,29,33)(H,30,34)(H,37,38)(H,39,40)(H,41,42)/p-3. The van der Waals surface area contributed by atoms with Crippen LogP contribution in [0.2, 0.25) is 0 Å². The van der Waals surface area contributed by atoms with Crippen LogP contribution in [0.4, 0.5) is 0 Å². The summed E-state index contributed by atoms with van der Waals surface area (Å²) in [4.78, 5) is 83.3. The molecule has 3 unspecified atom stereocenters. The van der Waals surface area contributed by atoms with Gasteiger partial charge >= 0.3 is 0 Å². The van der Waals surface area contributed by atoms with E-state index in [1.165, 1.54) is 6.42 Å². The molecule has 1 aliphatic heterocycles. The molecule has 4 amide bonds. The Morgan fingerprint density at radius 1 is 0.933 bits per heavy atom. The third-order valence-corrected chi connectivity index (χ3v) is 7.44. The number of aliphatic hydroxyl groups is 2. The lowest BCUT2D eigenvalue weighted by Crippen LogP contribution is -2.64. The lowest BCUT2D eigenvalue weighted by atomic mass is 9.94. The van der Waals surface area contributed by atoms with Crippen LogP contribution in [0.25, 0.3) is 0 Å². The molecule has 0 radical (unpaired) electrons. The number of likely N-dealkylation sites (tertiary alicyclic amines) is 1. The number of aliphatic carboxylic acids is 3. The van der Waals surface area contributed by atoms with Crippen LogP contribution in [0.3, 0.4) is 0 Å². The van der Waals surface area contributed by atoms with Gasteiger partial charge in [-0.2, -0.15) is 0 Å². The van der Waals surface area contributed by atoms with Gasteiger partial charge in [0.1, 0.15) is 5.60 Å². The molecule has 0 spiro atoms. The number of hydrogen-bond donors (Lipinski definition) is 5. The molecule has 1 rings (SSSR count). The molecular formula is C28H43N4O13-3. The van der Waals surface area contributed by atoms with E-state index in [2.05, 4.69) is 17.6 Å². The quantitative estimate of drug-likeness (QED) is 0.0402. The van der Waals surface area contributed by atoms with Crippen LogP contribution in [-0.4, -0.2) is 104 Å². The van der Waals surface area contributed by atoms with Gasteiger partial charge in [-0.25, -0.2) is 5.06 Å². The molecular weight excluding hydrogens is 600 g/mol. The van der Waals surface area contributed by atoms with E-state index in [1.807, 2.05) is 0 Å². The summed E-state index contributed by atoms with van der Waals surface area (Å²) in [6.07, 6.45) is 3.24. The highest BCUT2D eigenvalue weighted by Crippen LogP contribution is 2.30. The van der Waals surface area contributed by atoms with Gasteiger partial charge in [0, 0.05) is 32.4 Å². The molecule has 1 saturated heterocycles. The molecule has 0 bridgehead atoms. The number of carbonyl (C=O) groups excluding carboxylic acids is 7. The van der Waals surface area contributed by atoms with E-state index in [1.54, 1.807) is 0 Å². The summed E-state index contributed by atoms with van der Waals surface area (Å²) in [6.45, 7) is 1.32. The van der Waals surface area contributed by atoms with E-state index in [-0.39, 0.29) is 30.8 Å². The van der Waals surface area contributed by atoms with Crippen LogP contribution in [0.5, 0.6) is 0 Å². The van der Waals surface area contributed by atoms with E-state index in [9.17, 15) is 64.3 Å². The van der Waals surface area contributed by atoms with Crippen LogP contribution in [0.15, 0.2) is 0 Å². The number of nitrogens with one attached hydrogen (secondary N) is 2. The molecule has 1 aliphatic rings. The Morgan fingerprint density at radius 3 is 2.02 bits per heavy atom. The summed E-state index contributed by atoms with van der Waals surface area (Å²) >= 11 is 0. The number of amides is 4. The van der Waals surface area contributed by atoms with Crippen molar-refractivity contribution in [1.29, 1.82) is 0 Å². The van der Waals surface area contributed by atoms with E-state index in [4.69, 9.17) is 0 Å². The molecule has 1 fully saturated rings. The average Bonchev–Trinajstić information content (AvgIpc) is 3.27. The summed E-state index contributed by atoms with van der Waals surface area (Å²) in [5.74, 6) is -9.84. The van der Waals surface area contributed by atoms with Gasteiger partial charge in [0.05, 0.1) is 43.3 Å². The zero-order valence-electron chi connectivity index (χ0n) is 25.4. The number of carboxylic acid groups (broad SMARTS) is 3. The van der Waals surface area contributed by atoms with E-state index in [0.29, 0.717) is 11.5 Å². The molecule has 0 aliphatic carbocycles. The van der Waals surface area contributed by atoms with Crippen molar-refractivity contribution >= 4 is 41.5 Å². The molecule has 5 N–H and O–H groups in total. The fourth-order valence-corrected chi connectivity index (χ4v) is 4.87. The third-order valence-electron chi connectivity index (χ3n) is 7.44. The number of unbranched alkanes of at least 4 members (excludes halogenated alkanes) is 6. The van der Waals surface area contributed by atoms with E-state index < -0.39 is 97.6 Å². The van der Waals surface area contributed by atoms with Crippen molar-refractivity contribution in [2.75, 3.05) is 19.6 Å². The Balaban J connectivity index is 2.50. The normalized spacial score (nSPS) is 18.1. The van der Waals surface area contributed by atoms with Gasteiger partial charge < -0.3 is 55.4 Å². The lowest BCUT2D eigenvalue weighted by Gasteiger charge is -2.40. The Hall–Kier alpha value is -3.83. The van der Waals surface area contributed by atoms with Crippen molar-refractivity contribution in [2.45, 2.75) is 114 Å². The number of nitrogens with zero attached hydrogens (tertiary/aromatic N) is 2. The molecule has 1 heterocycles. The SMILES string of the molecule is CCCCCCCCCC(=O)N(O)CCCNC(=O)CC(O)(CC(=O)NCCC(C(=O)[O-])N1C(=O)CCC1(O)C(=O)[O-])C(=O)[O-]. The van der Waals surface area contributed by atoms with Crippen molar-refractivity contribution < 1.29 is 64.3 Å². The summed E-state index contributed by atoms with van der Waals surface area (Å²) in [5, 5.41) is 69.9. The molecule has 0 aromatic carbocycles. The van der Waals surface area contributed by atoms with Crippen LogP contribution in [0.1, 0.15) is 96.8 Å². The highest BCUT2D eigenvalue weighted by atomic mass is 16.5. The maximum absolute atomic E-state index is 12.3. The van der Waals surface area contributed by atoms with Gasteiger partial charge in [0.2, 0.25) is 23.6 Å². The second kappa shape index (κ2) is 18.9. The predicted molar refractivity (Wildman–Crippen MR) is 145 cm³/mol. The fraction of sp³-hybridized carbons (Fsp3) is 0.750. The average molecular weight is 644 g/mol. The highest BCUT2D eigenvalue weighted by Gasteiger charge is 2.48. The topological polar surface area (TPSA) is 280 Å². The summed E-state index contributed by atoms with van der Waals surface area (Å²) in [6, 6.07) is -2.00. The minimum Gasteiger partial charge on any atom is -0.548 e. The smallest absolute Gasteiger partial charge is 0.245 e. The zero-order valence-corrected chi connectivity index (χ0v) is 25.4. The Morgan fingerprint density at radius 2 is 1.49 bits per heavy atom. The summed E-state index contributed by atoms with van der Waals surface area (Å²) < 4.78 is 0. The number of rotatable bonds is 23. The number of hydroxylamine groups is 2. The molecule has 0 aromatic heterocycles. The Bertz CT molecular complexity index is 1070. The maximum atomic E-state index is 12.3. The van der Waals surface area contributed by atoms with Crippen molar-refractivity contribution in [3.63, 3.8) is 0 Å². The molecule has 256 valence electrons. The van der Waals surface area contributed by atoms with E-state index >= 15 is 0 Å². The molecule has 45 heavy (non-hydrogen) atoms. The summed E-state index contributed by atoms with van der Waals surface area (Å²) in [5.41, 5.74) is -5.88. The van der Waals surface area contributed by atoms with Crippen molar-refractivity contribution in [1.82, 2.24) is 20.6 Å². The fourth-order valence-electron chi connectivity index (χ4n) is 4.87. The number of hydrogen-bond acceptors (Lipinski definition) is 13. The Labute approximate surface area is 260 Å². The first-order valence-corrected chi connectivity index (χ1v) is 15.0. The lowest BCUT2D eigenvalue weighted by molar-refractivity contribution is -0.338. The van der Waals surface area contributed by atoms with Gasteiger partial charge in [-0.3, -0.25) is 24.4 Å². The van der Waals surface area contributed by atoms with E-state index in [0.717, 1.165) is 32.1 Å². The Kier molecular flexibility index (Phi) is 16.4. The second-order valence-corrected chi connectivity index (χ2v) is 11.1.